The number of nitrogens with zero attached hydrogens (tertiary/aromatic N) is 4. The molecule has 0 aliphatic carbocycles. The number of anilines is 1. The highest BCUT2D eigenvalue weighted by atomic mass is 32.1. The average Bonchev–Trinajstić information content (AvgIpc) is 3.20. The van der Waals surface area contributed by atoms with Gasteiger partial charge in [0.05, 0.1) is 23.2 Å². The van der Waals surface area contributed by atoms with Crippen LogP contribution in [0.1, 0.15) is 29.6 Å². The van der Waals surface area contributed by atoms with Crippen LogP contribution in [0.15, 0.2) is 42.6 Å². The van der Waals surface area contributed by atoms with Crippen molar-refractivity contribution in [3.05, 3.63) is 69.4 Å². The molecule has 2 aliphatic heterocycles. The summed E-state index contributed by atoms with van der Waals surface area (Å²) in [6.45, 7) is 5.13. The smallest absolute Gasteiger partial charge is 0.124 e. The van der Waals surface area contributed by atoms with E-state index in [0.29, 0.717) is 6.04 Å². The van der Waals surface area contributed by atoms with Gasteiger partial charge < -0.3 is 15.0 Å². The number of pyridine rings is 1. The third-order valence-corrected chi connectivity index (χ3v) is 7.77. The van der Waals surface area contributed by atoms with E-state index in [0.717, 1.165) is 70.9 Å². The van der Waals surface area contributed by atoms with Gasteiger partial charge in [-0.2, -0.15) is 0 Å². The Labute approximate surface area is 199 Å². The van der Waals surface area contributed by atoms with E-state index in [1.807, 2.05) is 12.3 Å². The Morgan fingerprint density at radius 1 is 1.18 bits per heavy atom. The lowest BCUT2D eigenvalue weighted by Gasteiger charge is -2.41. The van der Waals surface area contributed by atoms with Crippen LogP contribution in [-0.4, -0.2) is 59.6 Å². The molecule has 0 bridgehead atoms. The van der Waals surface area contributed by atoms with Crippen molar-refractivity contribution in [3.8, 4) is 5.75 Å². The SMILES string of the molecule is CCc1nc2c(s1)NC=c1cccnc1=C2N1CCN(C)C(CCc2ccc(OC)cc2)C1. The monoisotopic (exact) mass is 461 g/mol. The van der Waals surface area contributed by atoms with E-state index < -0.39 is 0 Å². The molecule has 172 valence electrons. The highest BCUT2D eigenvalue weighted by molar-refractivity contribution is 7.16. The molecular formula is C26H31N5OS. The summed E-state index contributed by atoms with van der Waals surface area (Å²) in [6.07, 6.45) is 7.06. The minimum absolute atomic E-state index is 0.466. The Balaban J connectivity index is 1.45. The zero-order valence-corrected chi connectivity index (χ0v) is 20.4. The number of aryl methyl sites for hydroxylation is 2. The van der Waals surface area contributed by atoms with Gasteiger partial charge in [-0.05, 0) is 56.1 Å². The van der Waals surface area contributed by atoms with Crippen molar-refractivity contribution in [3.63, 3.8) is 0 Å². The standard InChI is InChI=1S/C26H31N5OS/c1-4-22-29-24-25(23-19(6-5-13-27-23)16-28-26(24)33-22)31-15-14-30(2)20(17-31)10-7-18-8-11-21(32-3)12-9-18/h5-6,8-9,11-13,16,20,28H,4,7,10,14-15,17H2,1-3H3. The number of fused-ring (bicyclic) bond motifs is 2. The van der Waals surface area contributed by atoms with Gasteiger partial charge in [0.1, 0.15) is 16.4 Å². The first-order valence-corrected chi connectivity index (χ1v) is 12.5. The molecule has 1 atom stereocenters. The van der Waals surface area contributed by atoms with Crippen molar-refractivity contribution in [2.75, 3.05) is 39.1 Å². The quantitative estimate of drug-likeness (QED) is 0.609. The molecule has 2 aliphatic rings. The van der Waals surface area contributed by atoms with Gasteiger partial charge in [0.15, 0.2) is 0 Å². The molecule has 0 amide bonds. The fourth-order valence-corrected chi connectivity index (χ4v) is 5.52. The number of likely N-dealkylation sites (N-methyl/N-ethyl adjacent to an activating group) is 1. The second-order valence-electron chi connectivity index (χ2n) is 8.68. The van der Waals surface area contributed by atoms with Gasteiger partial charge in [0, 0.05) is 43.3 Å². The fourth-order valence-electron chi connectivity index (χ4n) is 4.65. The van der Waals surface area contributed by atoms with Crippen LogP contribution in [0.5, 0.6) is 5.75 Å². The average molecular weight is 462 g/mol. The number of ether oxygens (including phenoxy) is 1. The lowest BCUT2D eigenvalue weighted by atomic mass is 10.0. The number of piperazine rings is 1. The zero-order chi connectivity index (χ0) is 22.8. The second-order valence-corrected chi connectivity index (χ2v) is 9.77. The van der Waals surface area contributed by atoms with Gasteiger partial charge in [-0.3, -0.25) is 9.88 Å². The minimum atomic E-state index is 0.466. The number of hydrogen-bond donors (Lipinski definition) is 1. The third-order valence-electron chi connectivity index (χ3n) is 6.64. The molecule has 1 N–H and O–H groups in total. The zero-order valence-electron chi connectivity index (χ0n) is 19.5. The summed E-state index contributed by atoms with van der Waals surface area (Å²) in [5.74, 6) is 0.909. The lowest BCUT2D eigenvalue weighted by molar-refractivity contribution is 0.127. The van der Waals surface area contributed by atoms with Crippen LogP contribution < -0.4 is 20.6 Å². The summed E-state index contributed by atoms with van der Waals surface area (Å²) < 4.78 is 5.30. The molecule has 2 aromatic heterocycles. The largest absolute Gasteiger partial charge is 0.497 e. The maximum absolute atomic E-state index is 5.30. The van der Waals surface area contributed by atoms with Crippen molar-refractivity contribution in [2.45, 2.75) is 32.2 Å². The van der Waals surface area contributed by atoms with Crippen LogP contribution in [0.3, 0.4) is 0 Å². The van der Waals surface area contributed by atoms with Crippen molar-refractivity contribution in [1.82, 2.24) is 19.8 Å². The molecule has 0 radical (unpaired) electrons. The Morgan fingerprint density at radius 2 is 2.03 bits per heavy atom. The number of aromatic nitrogens is 2. The molecular weight excluding hydrogens is 430 g/mol. The number of rotatable bonds is 6. The minimum Gasteiger partial charge on any atom is -0.497 e. The highest BCUT2D eigenvalue weighted by Crippen LogP contribution is 2.33. The number of hydrogen-bond acceptors (Lipinski definition) is 7. The van der Waals surface area contributed by atoms with Crippen LogP contribution in [0.25, 0.3) is 11.9 Å². The van der Waals surface area contributed by atoms with Gasteiger partial charge in [0.25, 0.3) is 0 Å². The predicted octanol–water partition coefficient (Wildman–Crippen LogP) is 2.68. The molecule has 4 heterocycles. The van der Waals surface area contributed by atoms with Gasteiger partial charge in [-0.1, -0.05) is 19.1 Å². The normalized spacial score (nSPS) is 18.1. The van der Waals surface area contributed by atoms with Gasteiger partial charge in [0.2, 0.25) is 0 Å². The number of thiazole rings is 1. The first kappa shape index (κ1) is 21.9. The Morgan fingerprint density at radius 3 is 2.82 bits per heavy atom. The first-order valence-electron chi connectivity index (χ1n) is 11.7. The Kier molecular flexibility index (Phi) is 6.33. The van der Waals surface area contributed by atoms with Crippen molar-refractivity contribution < 1.29 is 4.74 Å². The molecule has 3 aromatic rings. The molecule has 1 saturated heterocycles. The van der Waals surface area contributed by atoms with Crippen LogP contribution in [0, 0.1) is 0 Å². The van der Waals surface area contributed by atoms with Crippen LogP contribution >= 0.6 is 11.3 Å². The van der Waals surface area contributed by atoms with Gasteiger partial charge in [-0.25, -0.2) is 4.98 Å². The summed E-state index contributed by atoms with van der Waals surface area (Å²) in [4.78, 5) is 14.9. The number of methoxy groups -OCH3 is 1. The molecule has 7 heteroatoms. The highest BCUT2D eigenvalue weighted by Gasteiger charge is 2.29. The molecule has 33 heavy (non-hydrogen) atoms. The van der Waals surface area contributed by atoms with E-state index in [2.05, 4.69) is 65.6 Å². The molecule has 1 unspecified atom stereocenters. The van der Waals surface area contributed by atoms with Gasteiger partial charge >= 0.3 is 0 Å². The molecule has 1 fully saturated rings. The second kappa shape index (κ2) is 9.53. The maximum atomic E-state index is 5.30. The van der Waals surface area contributed by atoms with E-state index in [1.54, 1.807) is 18.4 Å². The van der Waals surface area contributed by atoms with Crippen LogP contribution in [-0.2, 0) is 12.8 Å². The maximum Gasteiger partial charge on any atom is 0.124 e. The molecule has 6 nitrogen and oxygen atoms in total. The lowest BCUT2D eigenvalue weighted by Crippen LogP contribution is -2.52. The van der Waals surface area contributed by atoms with Gasteiger partial charge in [-0.15, -0.1) is 11.3 Å². The number of nitrogens with one attached hydrogen (secondary N) is 1. The van der Waals surface area contributed by atoms with E-state index in [9.17, 15) is 0 Å². The first-order chi connectivity index (χ1) is 16.2. The molecule has 1 aromatic carbocycles. The third kappa shape index (κ3) is 4.48. The summed E-state index contributed by atoms with van der Waals surface area (Å²) in [6, 6.07) is 13.0. The molecule has 0 spiro atoms. The van der Waals surface area contributed by atoms with Crippen molar-refractivity contribution in [2.24, 2.45) is 0 Å². The summed E-state index contributed by atoms with van der Waals surface area (Å²) in [7, 11) is 3.96. The van der Waals surface area contributed by atoms with Crippen LogP contribution in [0.4, 0.5) is 5.00 Å². The Bertz CT molecular complexity index is 1240. The van der Waals surface area contributed by atoms with Crippen molar-refractivity contribution >= 4 is 28.2 Å². The van der Waals surface area contributed by atoms with E-state index >= 15 is 0 Å². The Hall–Kier alpha value is -2.90. The van der Waals surface area contributed by atoms with E-state index in [-0.39, 0.29) is 0 Å². The molecule has 0 saturated carbocycles. The predicted molar refractivity (Wildman–Crippen MR) is 135 cm³/mol. The number of benzene rings is 1. The topological polar surface area (TPSA) is 53.5 Å². The van der Waals surface area contributed by atoms with Crippen molar-refractivity contribution in [1.29, 1.82) is 0 Å². The summed E-state index contributed by atoms with van der Waals surface area (Å²) >= 11 is 1.75. The summed E-state index contributed by atoms with van der Waals surface area (Å²) in [5.41, 5.74) is 3.56. The molecule has 5 rings (SSSR count). The summed E-state index contributed by atoms with van der Waals surface area (Å²) in [5, 5.41) is 7.92. The van der Waals surface area contributed by atoms with E-state index in [1.165, 1.54) is 11.3 Å². The van der Waals surface area contributed by atoms with Crippen LogP contribution in [0.2, 0.25) is 0 Å². The van der Waals surface area contributed by atoms with E-state index in [4.69, 9.17) is 14.7 Å². The fraction of sp³-hybridized carbons (Fsp3) is 0.385.